The third kappa shape index (κ3) is 4.87. The zero-order chi connectivity index (χ0) is 18.5. The Hall–Kier alpha value is -1.84. The molecule has 1 saturated heterocycles. The average molecular weight is 357 g/mol. The molecule has 1 aliphatic heterocycles. The van der Waals surface area contributed by atoms with Crippen LogP contribution in [0.2, 0.25) is 0 Å². The molecule has 1 aromatic rings. The molecule has 2 atom stereocenters. The van der Waals surface area contributed by atoms with Gasteiger partial charge in [0.2, 0.25) is 11.8 Å². The van der Waals surface area contributed by atoms with Gasteiger partial charge in [-0.05, 0) is 49.5 Å². The summed E-state index contributed by atoms with van der Waals surface area (Å²) in [5, 5.41) is 3.19. The lowest BCUT2D eigenvalue weighted by molar-refractivity contribution is -0.134. The molecule has 1 saturated carbocycles. The monoisotopic (exact) mass is 356 g/mol. The van der Waals surface area contributed by atoms with Crippen molar-refractivity contribution in [3.05, 3.63) is 35.9 Å². The topological polar surface area (TPSA) is 49.4 Å². The number of carbonyl (C=O) groups excluding carboxylic acids is 2. The number of piperidine rings is 1. The molecule has 1 N–H and O–H groups in total. The Kier molecular flexibility index (Phi) is 6.33. The van der Waals surface area contributed by atoms with Crippen LogP contribution in [-0.4, -0.2) is 35.8 Å². The van der Waals surface area contributed by atoms with Crippen molar-refractivity contribution in [2.45, 2.75) is 64.3 Å². The fourth-order valence-electron chi connectivity index (χ4n) is 4.11. The van der Waals surface area contributed by atoms with Gasteiger partial charge in [0.15, 0.2) is 0 Å². The van der Waals surface area contributed by atoms with E-state index in [1.54, 1.807) is 0 Å². The van der Waals surface area contributed by atoms with Crippen molar-refractivity contribution in [1.82, 2.24) is 10.2 Å². The molecule has 0 aromatic heterocycles. The number of likely N-dealkylation sites (tertiary alicyclic amines) is 1. The molecule has 1 heterocycles. The average Bonchev–Trinajstić information content (AvgIpc) is 3.49. The van der Waals surface area contributed by atoms with Crippen LogP contribution in [0.4, 0.5) is 0 Å². The van der Waals surface area contributed by atoms with Gasteiger partial charge < -0.3 is 10.2 Å². The number of rotatable bonds is 7. The predicted octanol–water partition coefficient (Wildman–Crippen LogP) is 3.72. The van der Waals surface area contributed by atoms with E-state index >= 15 is 0 Å². The van der Waals surface area contributed by atoms with Crippen molar-refractivity contribution in [3.63, 3.8) is 0 Å². The smallest absolute Gasteiger partial charge is 0.230 e. The Morgan fingerprint density at radius 2 is 1.77 bits per heavy atom. The van der Waals surface area contributed by atoms with Crippen LogP contribution in [0.25, 0.3) is 0 Å². The Morgan fingerprint density at radius 1 is 1.12 bits per heavy atom. The van der Waals surface area contributed by atoms with Crippen molar-refractivity contribution in [2.24, 2.45) is 11.8 Å². The van der Waals surface area contributed by atoms with E-state index in [1.807, 2.05) is 35.2 Å². The molecule has 142 valence electrons. The molecule has 4 heteroatoms. The number of amides is 2. The van der Waals surface area contributed by atoms with Crippen molar-refractivity contribution in [2.75, 3.05) is 13.1 Å². The van der Waals surface area contributed by atoms with Crippen molar-refractivity contribution < 1.29 is 9.59 Å². The first-order valence-electron chi connectivity index (χ1n) is 10.2. The van der Waals surface area contributed by atoms with Gasteiger partial charge in [-0.25, -0.2) is 0 Å². The number of hydrogen-bond acceptors (Lipinski definition) is 2. The fraction of sp³-hybridized carbons (Fsp3) is 0.636. The minimum atomic E-state index is -0.0540. The summed E-state index contributed by atoms with van der Waals surface area (Å²) in [6.07, 6.45) is 5.76. The summed E-state index contributed by atoms with van der Waals surface area (Å²) in [4.78, 5) is 27.1. The molecule has 2 fully saturated rings. The lowest BCUT2D eigenvalue weighted by Crippen LogP contribution is -2.47. The standard InChI is InChI=1S/C22H32N2O2/c1-3-20(18-7-5-4-6-8-18)22(26)24-13-11-19(12-14-24)23-21(25)15-16(2)17-9-10-17/h4-8,16-17,19-20H,3,9-15H2,1-2H3,(H,23,25)/t16-,20-/m0/s1. The summed E-state index contributed by atoms with van der Waals surface area (Å²) < 4.78 is 0. The van der Waals surface area contributed by atoms with Gasteiger partial charge in [-0.2, -0.15) is 0 Å². The van der Waals surface area contributed by atoms with Crippen LogP contribution < -0.4 is 5.32 Å². The molecule has 3 rings (SSSR count). The molecule has 1 aliphatic carbocycles. The molecule has 2 aliphatic rings. The van der Waals surface area contributed by atoms with E-state index in [2.05, 4.69) is 19.2 Å². The van der Waals surface area contributed by atoms with Crippen molar-refractivity contribution in [3.8, 4) is 0 Å². The quantitative estimate of drug-likeness (QED) is 0.809. The van der Waals surface area contributed by atoms with E-state index < -0.39 is 0 Å². The number of benzene rings is 1. The van der Waals surface area contributed by atoms with Crippen molar-refractivity contribution >= 4 is 11.8 Å². The lowest BCUT2D eigenvalue weighted by atomic mass is 9.93. The molecule has 0 unspecified atom stereocenters. The van der Waals surface area contributed by atoms with E-state index in [-0.39, 0.29) is 23.8 Å². The van der Waals surface area contributed by atoms with Gasteiger partial charge in [-0.1, -0.05) is 44.2 Å². The van der Waals surface area contributed by atoms with Gasteiger partial charge in [0.1, 0.15) is 0 Å². The highest BCUT2D eigenvalue weighted by atomic mass is 16.2. The molecule has 0 bridgehead atoms. The summed E-state index contributed by atoms with van der Waals surface area (Å²) in [7, 11) is 0. The number of nitrogens with zero attached hydrogens (tertiary/aromatic N) is 1. The van der Waals surface area contributed by atoms with Crippen LogP contribution in [-0.2, 0) is 9.59 Å². The minimum Gasteiger partial charge on any atom is -0.353 e. The maximum absolute atomic E-state index is 12.9. The summed E-state index contributed by atoms with van der Waals surface area (Å²) in [6, 6.07) is 10.3. The highest BCUT2D eigenvalue weighted by Gasteiger charge is 2.31. The predicted molar refractivity (Wildman–Crippen MR) is 104 cm³/mol. The Morgan fingerprint density at radius 3 is 2.35 bits per heavy atom. The van der Waals surface area contributed by atoms with Crippen LogP contribution in [0.5, 0.6) is 0 Å². The molecule has 1 aromatic carbocycles. The second kappa shape index (κ2) is 8.70. The maximum atomic E-state index is 12.9. The molecule has 2 amide bonds. The SMILES string of the molecule is CC[C@H](C(=O)N1CCC(NC(=O)C[C@H](C)C2CC2)CC1)c1ccccc1. The van der Waals surface area contributed by atoms with Gasteiger partial charge in [0.25, 0.3) is 0 Å². The fourth-order valence-corrected chi connectivity index (χ4v) is 4.11. The van der Waals surface area contributed by atoms with Crippen LogP contribution in [0, 0.1) is 11.8 Å². The van der Waals surface area contributed by atoms with E-state index in [0.29, 0.717) is 12.3 Å². The third-order valence-corrected chi connectivity index (χ3v) is 6.01. The van der Waals surface area contributed by atoms with Gasteiger partial charge in [0.05, 0.1) is 5.92 Å². The third-order valence-electron chi connectivity index (χ3n) is 6.01. The van der Waals surface area contributed by atoms with E-state index in [0.717, 1.165) is 43.8 Å². The Labute approximate surface area is 157 Å². The van der Waals surface area contributed by atoms with Gasteiger partial charge in [0, 0.05) is 25.6 Å². The first-order valence-corrected chi connectivity index (χ1v) is 10.2. The van der Waals surface area contributed by atoms with Crippen LogP contribution >= 0.6 is 0 Å². The molecule has 26 heavy (non-hydrogen) atoms. The van der Waals surface area contributed by atoms with Gasteiger partial charge >= 0.3 is 0 Å². The molecular formula is C22H32N2O2. The lowest BCUT2D eigenvalue weighted by Gasteiger charge is -2.34. The summed E-state index contributed by atoms with van der Waals surface area (Å²) in [5.41, 5.74) is 1.10. The highest BCUT2D eigenvalue weighted by molar-refractivity contribution is 5.84. The van der Waals surface area contributed by atoms with Gasteiger partial charge in [-0.3, -0.25) is 9.59 Å². The number of hydrogen-bond donors (Lipinski definition) is 1. The number of nitrogens with one attached hydrogen (secondary N) is 1. The minimum absolute atomic E-state index is 0.0540. The summed E-state index contributed by atoms with van der Waals surface area (Å²) in [6.45, 7) is 5.74. The van der Waals surface area contributed by atoms with Crippen LogP contribution in [0.3, 0.4) is 0 Å². The molecular weight excluding hydrogens is 324 g/mol. The van der Waals surface area contributed by atoms with Gasteiger partial charge in [-0.15, -0.1) is 0 Å². The maximum Gasteiger partial charge on any atom is 0.230 e. The normalized spacial score (nSPS) is 20.5. The van der Waals surface area contributed by atoms with Crippen LogP contribution in [0.1, 0.15) is 63.9 Å². The van der Waals surface area contributed by atoms with E-state index in [4.69, 9.17) is 0 Å². The second-order valence-electron chi connectivity index (χ2n) is 8.06. The molecule has 0 spiro atoms. The zero-order valence-corrected chi connectivity index (χ0v) is 16.1. The largest absolute Gasteiger partial charge is 0.353 e. The molecule has 4 nitrogen and oxygen atoms in total. The van der Waals surface area contributed by atoms with E-state index in [1.165, 1.54) is 12.8 Å². The van der Waals surface area contributed by atoms with E-state index in [9.17, 15) is 9.59 Å². The summed E-state index contributed by atoms with van der Waals surface area (Å²) >= 11 is 0. The highest BCUT2D eigenvalue weighted by Crippen LogP contribution is 2.38. The second-order valence-corrected chi connectivity index (χ2v) is 8.06. The Balaban J connectivity index is 1.46. The first-order chi connectivity index (χ1) is 12.6. The van der Waals surface area contributed by atoms with Crippen molar-refractivity contribution in [1.29, 1.82) is 0 Å². The zero-order valence-electron chi connectivity index (χ0n) is 16.1. The molecule has 0 radical (unpaired) electrons. The number of carbonyl (C=O) groups is 2. The first kappa shape index (κ1) is 18.9. The summed E-state index contributed by atoms with van der Waals surface area (Å²) in [5.74, 6) is 1.63. The van der Waals surface area contributed by atoms with Crippen LogP contribution in [0.15, 0.2) is 30.3 Å². The Bertz CT molecular complexity index is 604.